The summed E-state index contributed by atoms with van der Waals surface area (Å²) >= 11 is 0. The van der Waals surface area contributed by atoms with Gasteiger partial charge in [0.05, 0.1) is 47.6 Å². The minimum atomic E-state index is -1.27. The molecule has 0 radical (unpaired) electrons. The summed E-state index contributed by atoms with van der Waals surface area (Å²) in [5.74, 6) is 0.520. The largest absolute Gasteiger partial charge is 0.493 e. The fourth-order valence-corrected chi connectivity index (χ4v) is 4.14. The number of aliphatic hydroxyl groups excluding tert-OH is 3. The quantitative estimate of drug-likeness (QED) is 0.376. The standard InChI is InChI=1S/C25H32O10/c1-30-18-9-14(6-5-7-26)8-16-17(12-27)22(35-23(16)18)15-10-19(31-2)24(20(11-15)32-3)34-21(13-28)25(29)33-4/h8-11,17,21-22,26-28H,5-7,12-13H2,1-4H3/t17-,21+,22+/m1/s1. The van der Waals surface area contributed by atoms with Gasteiger partial charge in [-0.05, 0) is 36.6 Å². The Kier molecular flexibility index (Phi) is 9.02. The third kappa shape index (κ3) is 5.39. The van der Waals surface area contributed by atoms with Gasteiger partial charge in [-0.3, -0.25) is 0 Å². The van der Waals surface area contributed by atoms with Crippen molar-refractivity contribution in [1.29, 1.82) is 0 Å². The minimum absolute atomic E-state index is 0.0725. The molecular weight excluding hydrogens is 460 g/mol. The maximum Gasteiger partial charge on any atom is 0.349 e. The van der Waals surface area contributed by atoms with Crippen molar-refractivity contribution in [3.63, 3.8) is 0 Å². The van der Waals surface area contributed by atoms with E-state index >= 15 is 0 Å². The van der Waals surface area contributed by atoms with Crippen molar-refractivity contribution >= 4 is 5.97 Å². The molecule has 1 heterocycles. The molecule has 0 bridgehead atoms. The van der Waals surface area contributed by atoms with Gasteiger partial charge >= 0.3 is 5.97 Å². The van der Waals surface area contributed by atoms with E-state index in [2.05, 4.69) is 4.74 Å². The van der Waals surface area contributed by atoms with Crippen molar-refractivity contribution in [3.8, 4) is 28.7 Å². The van der Waals surface area contributed by atoms with Gasteiger partial charge in [-0.15, -0.1) is 0 Å². The number of aliphatic hydroxyl groups is 3. The van der Waals surface area contributed by atoms with Gasteiger partial charge in [-0.2, -0.15) is 0 Å². The van der Waals surface area contributed by atoms with Crippen LogP contribution >= 0.6 is 0 Å². The fourth-order valence-electron chi connectivity index (χ4n) is 4.14. The van der Waals surface area contributed by atoms with Gasteiger partial charge in [0.15, 0.2) is 23.0 Å². The normalized spacial score (nSPS) is 17.2. The topological polar surface area (TPSA) is 133 Å². The Morgan fingerprint density at radius 3 is 2.14 bits per heavy atom. The van der Waals surface area contributed by atoms with Gasteiger partial charge in [0.2, 0.25) is 11.9 Å². The van der Waals surface area contributed by atoms with Gasteiger partial charge in [0, 0.05) is 17.7 Å². The predicted octanol–water partition coefficient (Wildman–Crippen LogP) is 1.76. The van der Waals surface area contributed by atoms with Crippen LogP contribution in [0.1, 0.15) is 35.1 Å². The number of esters is 1. The summed E-state index contributed by atoms with van der Waals surface area (Å²) in [6, 6.07) is 7.16. The van der Waals surface area contributed by atoms with E-state index in [-0.39, 0.29) is 30.5 Å². The van der Waals surface area contributed by atoms with E-state index in [1.807, 2.05) is 12.1 Å². The Morgan fingerprint density at radius 2 is 1.63 bits per heavy atom. The molecule has 3 atom stereocenters. The highest BCUT2D eigenvalue weighted by Gasteiger charge is 2.39. The number of hydrogen-bond acceptors (Lipinski definition) is 10. The van der Waals surface area contributed by atoms with Gasteiger partial charge in [0.25, 0.3) is 0 Å². The molecule has 0 aliphatic carbocycles. The van der Waals surface area contributed by atoms with Crippen LogP contribution in [0.3, 0.4) is 0 Å². The zero-order valence-corrected chi connectivity index (χ0v) is 20.3. The monoisotopic (exact) mass is 492 g/mol. The summed E-state index contributed by atoms with van der Waals surface area (Å²) in [7, 11) is 5.61. The van der Waals surface area contributed by atoms with Gasteiger partial charge in [0.1, 0.15) is 6.10 Å². The van der Waals surface area contributed by atoms with Crippen molar-refractivity contribution in [2.24, 2.45) is 0 Å². The Hall–Kier alpha value is -3.21. The molecule has 0 fully saturated rings. The molecule has 0 saturated carbocycles. The summed E-state index contributed by atoms with van der Waals surface area (Å²) in [4.78, 5) is 11.9. The molecule has 0 saturated heterocycles. The summed E-state index contributed by atoms with van der Waals surface area (Å²) < 4.78 is 33.2. The maximum atomic E-state index is 11.9. The lowest BCUT2D eigenvalue weighted by molar-refractivity contribution is -0.150. The highest BCUT2D eigenvalue weighted by atomic mass is 16.6. The van der Waals surface area contributed by atoms with Crippen LogP contribution < -0.4 is 23.7 Å². The first-order valence-electron chi connectivity index (χ1n) is 11.2. The third-order valence-corrected chi connectivity index (χ3v) is 5.89. The lowest BCUT2D eigenvalue weighted by atomic mass is 9.90. The highest BCUT2D eigenvalue weighted by Crippen LogP contribution is 2.52. The number of methoxy groups -OCH3 is 4. The lowest BCUT2D eigenvalue weighted by Crippen LogP contribution is -2.32. The van der Waals surface area contributed by atoms with E-state index in [1.165, 1.54) is 21.3 Å². The number of ether oxygens (including phenoxy) is 6. The molecule has 0 spiro atoms. The Labute approximate surface area is 203 Å². The molecule has 2 aromatic rings. The van der Waals surface area contributed by atoms with Crippen molar-refractivity contribution < 1.29 is 48.5 Å². The van der Waals surface area contributed by atoms with E-state index < -0.39 is 30.7 Å². The zero-order valence-electron chi connectivity index (χ0n) is 20.3. The number of rotatable bonds is 12. The number of benzene rings is 2. The highest BCUT2D eigenvalue weighted by molar-refractivity contribution is 5.75. The lowest BCUT2D eigenvalue weighted by Gasteiger charge is -2.23. The summed E-state index contributed by atoms with van der Waals surface area (Å²) in [6.45, 7) is -0.724. The zero-order chi connectivity index (χ0) is 25.5. The van der Waals surface area contributed by atoms with Crippen LogP contribution in [-0.2, 0) is 16.0 Å². The van der Waals surface area contributed by atoms with Crippen molar-refractivity contribution in [1.82, 2.24) is 0 Å². The molecular formula is C25H32O10. The van der Waals surface area contributed by atoms with E-state index in [1.54, 1.807) is 19.2 Å². The van der Waals surface area contributed by atoms with E-state index in [9.17, 15) is 20.1 Å². The second-order valence-electron chi connectivity index (χ2n) is 7.94. The van der Waals surface area contributed by atoms with Gasteiger partial charge in [-0.25, -0.2) is 4.79 Å². The first kappa shape index (κ1) is 26.4. The maximum absolute atomic E-state index is 11.9. The molecule has 1 aliphatic heterocycles. The Balaban J connectivity index is 2.02. The average molecular weight is 493 g/mol. The molecule has 0 aromatic heterocycles. The van der Waals surface area contributed by atoms with Crippen LogP contribution in [0, 0.1) is 0 Å². The molecule has 10 heteroatoms. The second-order valence-corrected chi connectivity index (χ2v) is 7.94. The molecule has 1 aliphatic rings. The summed E-state index contributed by atoms with van der Waals surface area (Å²) in [5, 5.41) is 29.1. The second kappa shape index (κ2) is 12.0. The minimum Gasteiger partial charge on any atom is -0.493 e. The molecule has 192 valence electrons. The SMILES string of the molecule is COC(=O)[C@H](CO)Oc1c(OC)cc([C@@H]2Oc3c(OC)cc(CCCO)cc3[C@H]2CO)cc1OC. The number of fused-ring (bicyclic) bond motifs is 1. The van der Waals surface area contributed by atoms with E-state index in [0.29, 0.717) is 29.9 Å². The van der Waals surface area contributed by atoms with Crippen LogP contribution in [0.4, 0.5) is 0 Å². The molecule has 35 heavy (non-hydrogen) atoms. The third-order valence-electron chi connectivity index (χ3n) is 5.89. The van der Waals surface area contributed by atoms with Gasteiger partial charge in [-0.1, -0.05) is 6.07 Å². The molecule has 3 rings (SSSR count). The number of carbonyl (C=O) groups is 1. The number of hydrogen-bond donors (Lipinski definition) is 3. The number of carbonyl (C=O) groups excluding carboxylic acids is 1. The van der Waals surface area contributed by atoms with E-state index in [4.69, 9.17) is 23.7 Å². The van der Waals surface area contributed by atoms with Crippen molar-refractivity contribution in [2.45, 2.75) is 31.0 Å². The van der Waals surface area contributed by atoms with E-state index in [0.717, 1.165) is 11.1 Å². The van der Waals surface area contributed by atoms with Crippen LogP contribution in [0.25, 0.3) is 0 Å². The summed E-state index contributed by atoms with van der Waals surface area (Å²) in [5.41, 5.74) is 2.40. The molecule has 3 N–H and O–H groups in total. The Bertz CT molecular complexity index is 997. The first-order chi connectivity index (χ1) is 17.0. The smallest absolute Gasteiger partial charge is 0.349 e. The van der Waals surface area contributed by atoms with Crippen molar-refractivity contribution in [2.75, 3.05) is 48.3 Å². The van der Waals surface area contributed by atoms with Crippen LogP contribution in [0.2, 0.25) is 0 Å². The molecule has 10 nitrogen and oxygen atoms in total. The van der Waals surface area contributed by atoms with Gasteiger partial charge < -0.3 is 43.7 Å². The predicted molar refractivity (Wildman–Crippen MR) is 125 cm³/mol. The fraction of sp³-hybridized carbons (Fsp3) is 0.480. The first-order valence-corrected chi connectivity index (χ1v) is 11.2. The Morgan fingerprint density at radius 1 is 0.971 bits per heavy atom. The van der Waals surface area contributed by atoms with Crippen LogP contribution in [0.15, 0.2) is 24.3 Å². The molecule has 0 amide bonds. The van der Waals surface area contributed by atoms with Crippen LogP contribution in [0.5, 0.6) is 28.7 Å². The number of aryl methyl sites for hydroxylation is 1. The summed E-state index contributed by atoms with van der Waals surface area (Å²) in [6.07, 6.45) is -0.606. The molecule has 0 unspecified atom stereocenters. The molecule has 2 aromatic carbocycles. The van der Waals surface area contributed by atoms with Crippen molar-refractivity contribution in [3.05, 3.63) is 41.0 Å². The van der Waals surface area contributed by atoms with Crippen LogP contribution in [-0.4, -0.2) is 75.7 Å². The average Bonchev–Trinajstić information content (AvgIpc) is 3.27.